The number of carboxylic acids is 1. The summed E-state index contributed by atoms with van der Waals surface area (Å²) in [6.07, 6.45) is 6.60. The number of hydrogen-bond donors (Lipinski definition) is 1. The normalized spacial score (nSPS) is 20.9. The lowest BCUT2D eigenvalue weighted by Crippen LogP contribution is -2.41. The Morgan fingerprint density at radius 1 is 1.47 bits per heavy atom. The number of ether oxygens (including phenoxy) is 1. The van der Waals surface area contributed by atoms with Crippen LogP contribution in [-0.2, 0) is 9.53 Å². The van der Waals surface area contributed by atoms with Gasteiger partial charge in [-0.25, -0.2) is 4.79 Å². The predicted octanol–water partition coefficient (Wildman–Crippen LogP) is 3.47. The zero-order valence-corrected chi connectivity index (χ0v) is 11.4. The summed E-state index contributed by atoms with van der Waals surface area (Å²) in [6.45, 7) is 6.66. The van der Waals surface area contributed by atoms with E-state index in [4.69, 9.17) is 4.74 Å². The summed E-state index contributed by atoms with van der Waals surface area (Å²) in [5.41, 5.74) is -0.945. The van der Waals surface area contributed by atoms with Gasteiger partial charge in [0, 0.05) is 0 Å². The van der Waals surface area contributed by atoms with Crippen molar-refractivity contribution in [3.05, 3.63) is 0 Å². The first-order valence-corrected chi connectivity index (χ1v) is 6.91. The molecule has 1 aliphatic rings. The molecule has 1 fully saturated rings. The maximum atomic E-state index is 11.3. The van der Waals surface area contributed by atoms with Crippen LogP contribution in [0, 0.1) is 11.8 Å². The molecule has 0 aromatic heterocycles. The lowest BCUT2D eigenvalue weighted by Gasteiger charge is -2.27. The average Bonchev–Trinajstić information content (AvgIpc) is 3.12. The van der Waals surface area contributed by atoms with Gasteiger partial charge < -0.3 is 9.84 Å². The van der Waals surface area contributed by atoms with E-state index in [1.807, 2.05) is 0 Å². The summed E-state index contributed by atoms with van der Waals surface area (Å²) in [5.74, 6) is -0.0681. The number of hydrogen-bond acceptors (Lipinski definition) is 2. The Balaban J connectivity index is 2.42. The third-order valence-corrected chi connectivity index (χ3v) is 3.94. The molecule has 0 bridgehead atoms. The minimum atomic E-state index is -0.945. The van der Waals surface area contributed by atoms with Gasteiger partial charge in [-0.3, -0.25) is 0 Å². The molecule has 1 rings (SSSR count). The Morgan fingerprint density at radius 2 is 2.12 bits per heavy atom. The molecular formula is C14H26O3. The van der Waals surface area contributed by atoms with E-state index >= 15 is 0 Å². The summed E-state index contributed by atoms with van der Waals surface area (Å²) in [4.78, 5) is 11.3. The number of carboxylic acid groups (broad SMARTS) is 1. The second-order valence-corrected chi connectivity index (χ2v) is 5.41. The van der Waals surface area contributed by atoms with Crippen molar-refractivity contribution in [3.8, 4) is 0 Å². The van der Waals surface area contributed by atoms with Gasteiger partial charge in [-0.15, -0.1) is 0 Å². The maximum Gasteiger partial charge on any atom is 0.335 e. The number of carbonyl (C=O) groups is 1. The van der Waals surface area contributed by atoms with Crippen LogP contribution >= 0.6 is 0 Å². The molecule has 0 spiro atoms. The summed E-state index contributed by atoms with van der Waals surface area (Å²) in [6, 6.07) is 0. The maximum absolute atomic E-state index is 11.3. The van der Waals surface area contributed by atoms with Crippen LogP contribution in [0.5, 0.6) is 0 Å². The Morgan fingerprint density at radius 3 is 2.53 bits per heavy atom. The van der Waals surface area contributed by atoms with E-state index in [1.165, 1.54) is 12.8 Å². The number of aliphatic carboxylic acids is 1. The molecule has 1 N–H and O–H groups in total. The number of unbranched alkanes of at least 4 members (excludes halogenated alkanes) is 1. The first-order valence-electron chi connectivity index (χ1n) is 6.91. The van der Waals surface area contributed by atoms with E-state index in [-0.39, 0.29) is 5.92 Å². The Kier molecular flexibility index (Phi) is 5.44. The molecule has 0 heterocycles. The van der Waals surface area contributed by atoms with E-state index in [1.54, 1.807) is 6.92 Å². The fourth-order valence-corrected chi connectivity index (χ4v) is 2.18. The Hall–Kier alpha value is -0.570. The molecule has 100 valence electrons. The fourth-order valence-electron chi connectivity index (χ4n) is 2.18. The molecular weight excluding hydrogens is 216 g/mol. The number of rotatable bonds is 9. The summed E-state index contributed by atoms with van der Waals surface area (Å²) in [5, 5.41) is 9.28. The summed E-state index contributed by atoms with van der Waals surface area (Å²) < 4.78 is 5.77. The van der Waals surface area contributed by atoms with Gasteiger partial charge in [-0.2, -0.15) is 0 Å². The van der Waals surface area contributed by atoms with Gasteiger partial charge in [0.2, 0.25) is 0 Å². The molecule has 2 unspecified atom stereocenters. The van der Waals surface area contributed by atoms with Crippen molar-refractivity contribution in [2.45, 2.75) is 64.9 Å². The SMILES string of the molecule is CCCCC(CC)COC(C)(C(=O)O)C1CC1. The molecule has 0 aliphatic heterocycles. The van der Waals surface area contributed by atoms with E-state index in [9.17, 15) is 9.90 Å². The molecule has 0 amide bonds. The van der Waals surface area contributed by atoms with Gasteiger partial charge in [0.1, 0.15) is 0 Å². The highest BCUT2D eigenvalue weighted by Crippen LogP contribution is 2.42. The van der Waals surface area contributed by atoms with Crippen molar-refractivity contribution in [3.63, 3.8) is 0 Å². The van der Waals surface area contributed by atoms with Crippen molar-refractivity contribution in [2.24, 2.45) is 11.8 Å². The van der Waals surface area contributed by atoms with Crippen molar-refractivity contribution in [2.75, 3.05) is 6.61 Å². The molecule has 3 heteroatoms. The summed E-state index contributed by atoms with van der Waals surface area (Å²) >= 11 is 0. The lowest BCUT2D eigenvalue weighted by atomic mass is 9.97. The van der Waals surface area contributed by atoms with E-state index in [0.29, 0.717) is 12.5 Å². The Labute approximate surface area is 105 Å². The van der Waals surface area contributed by atoms with Crippen LogP contribution in [0.1, 0.15) is 59.3 Å². The standard InChI is InChI=1S/C14H26O3/c1-4-6-7-11(5-2)10-17-14(3,13(15)16)12-8-9-12/h11-12H,4-10H2,1-3H3,(H,15,16). The van der Waals surface area contributed by atoms with Gasteiger partial charge in [-0.05, 0) is 38.0 Å². The van der Waals surface area contributed by atoms with Crippen LogP contribution in [0.2, 0.25) is 0 Å². The molecule has 3 nitrogen and oxygen atoms in total. The minimum Gasteiger partial charge on any atom is -0.479 e. The predicted molar refractivity (Wildman–Crippen MR) is 68.0 cm³/mol. The van der Waals surface area contributed by atoms with Crippen LogP contribution in [-0.4, -0.2) is 23.3 Å². The lowest BCUT2D eigenvalue weighted by molar-refractivity contribution is -0.168. The van der Waals surface area contributed by atoms with Crippen molar-refractivity contribution < 1.29 is 14.6 Å². The van der Waals surface area contributed by atoms with Gasteiger partial charge in [0.15, 0.2) is 5.60 Å². The van der Waals surface area contributed by atoms with E-state index in [2.05, 4.69) is 13.8 Å². The second-order valence-electron chi connectivity index (χ2n) is 5.41. The van der Waals surface area contributed by atoms with E-state index < -0.39 is 11.6 Å². The minimum absolute atomic E-state index is 0.226. The molecule has 2 atom stereocenters. The van der Waals surface area contributed by atoms with E-state index in [0.717, 1.165) is 25.7 Å². The molecule has 17 heavy (non-hydrogen) atoms. The van der Waals surface area contributed by atoms with Crippen LogP contribution in [0.4, 0.5) is 0 Å². The van der Waals surface area contributed by atoms with Crippen molar-refractivity contribution in [1.29, 1.82) is 0 Å². The van der Waals surface area contributed by atoms with Crippen LogP contribution in [0.3, 0.4) is 0 Å². The third kappa shape index (κ3) is 3.98. The zero-order chi connectivity index (χ0) is 12.9. The molecule has 0 saturated heterocycles. The van der Waals surface area contributed by atoms with Crippen LogP contribution in [0.25, 0.3) is 0 Å². The largest absolute Gasteiger partial charge is 0.479 e. The monoisotopic (exact) mass is 242 g/mol. The van der Waals surface area contributed by atoms with Gasteiger partial charge in [-0.1, -0.05) is 33.1 Å². The third-order valence-electron chi connectivity index (χ3n) is 3.94. The first-order chi connectivity index (χ1) is 8.04. The van der Waals surface area contributed by atoms with Gasteiger partial charge in [0.05, 0.1) is 6.61 Å². The van der Waals surface area contributed by atoms with Crippen LogP contribution < -0.4 is 0 Å². The highest BCUT2D eigenvalue weighted by Gasteiger charge is 2.48. The highest BCUT2D eigenvalue weighted by atomic mass is 16.5. The topological polar surface area (TPSA) is 46.5 Å². The summed E-state index contributed by atoms with van der Waals surface area (Å²) in [7, 11) is 0. The molecule has 1 aliphatic carbocycles. The Bertz CT molecular complexity index is 248. The van der Waals surface area contributed by atoms with Gasteiger partial charge >= 0.3 is 5.97 Å². The second kappa shape index (κ2) is 6.39. The average molecular weight is 242 g/mol. The van der Waals surface area contributed by atoms with Crippen molar-refractivity contribution in [1.82, 2.24) is 0 Å². The smallest absolute Gasteiger partial charge is 0.335 e. The molecule has 0 radical (unpaired) electrons. The van der Waals surface area contributed by atoms with Gasteiger partial charge in [0.25, 0.3) is 0 Å². The van der Waals surface area contributed by atoms with Crippen LogP contribution in [0.15, 0.2) is 0 Å². The van der Waals surface area contributed by atoms with Crippen molar-refractivity contribution >= 4 is 5.97 Å². The highest BCUT2D eigenvalue weighted by molar-refractivity contribution is 5.77. The quantitative estimate of drug-likeness (QED) is 0.673. The zero-order valence-electron chi connectivity index (χ0n) is 11.4. The molecule has 0 aromatic carbocycles. The fraction of sp³-hybridized carbons (Fsp3) is 0.929. The molecule has 1 saturated carbocycles. The first kappa shape index (κ1) is 14.5. The molecule has 0 aromatic rings.